The molecule has 1 fully saturated rings. The molecule has 3 N–H and O–H groups in total. The van der Waals surface area contributed by atoms with E-state index in [4.69, 9.17) is 4.74 Å². The molecule has 0 aliphatic heterocycles. The molecule has 0 aromatic carbocycles. The minimum Gasteiger partial charge on any atom is -0.491 e. The summed E-state index contributed by atoms with van der Waals surface area (Å²) in [6, 6.07) is 5.28. The maximum absolute atomic E-state index is 12.5. The summed E-state index contributed by atoms with van der Waals surface area (Å²) in [6.07, 6.45) is 2.29. The van der Waals surface area contributed by atoms with Crippen molar-refractivity contribution in [2.75, 3.05) is 13.2 Å². The van der Waals surface area contributed by atoms with Gasteiger partial charge in [-0.15, -0.1) is 0 Å². The highest BCUT2D eigenvalue weighted by molar-refractivity contribution is 5.92. The Hall–Kier alpha value is -2.45. The lowest BCUT2D eigenvalue weighted by molar-refractivity contribution is 0.0438. The van der Waals surface area contributed by atoms with Gasteiger partial charge in [-0.3, -0.25) is 14.5 Å². The summed E-state index contributed by atoms with van der Waals surface area (Å²) in [7, 11) is 1.71. The molecule has 2 unspecified atom stereocenters. The van der Waals surface area contributed by atoms with Crippen molar-refractivity contribution in [1.29, 1.82) is 0 Å². The molecule has 0 radical (unpaired) electrons. The standard InChI is InChI=1S/C18H24N4O4/c1-12-6-14(22(2)21-12)17(25)20-10-18(7-15(23)16(24)8-18)11-26-13-4-3-5-19-9-13/h3-6,9,15-16,23-24H,7-8,10-11H2,1-2H3,(H,20,25). The summed E-state index contributed by atoms with van der Waals surface area (Å²) in [4.78, 5) is 16.5. The fourth-order valence-corrected chi connectivity index (χ4v) is 3.41. The number of carbonyl (C=O) groups is 1. The number of amides is 1. The second-order valence-electron chi connectivity index (χ2n) is 7.00. The Bertz CT molecular complexity index is 752. The molecule has 0 bridgehead atoms. The molecule has 8 heteroatoms. The first-order chi connectivity index (χ1) is 12.4. The van der Waals surface area contributed by atoms with E-state index in [9.17, 15) is 15.0 Å². The number of nitrogens with one attached hydrogen (secondary N) is 1. The molecule has 2 aromatic rings. The van der Waals surface area contributed by atoms with Crippen LogP contribution in [-0.4, -0.2) is 56.2 Å². The van der Waals surface area contributed by atoms with E-state index in [1.807, 2.05) is 6.92 Å². The lowest BCUT2D eigenvalue weighted by atomic mass is 9.86. The zero-order valence-corrected chi connectivity index (χ0v) is 14.9. The zero-order chi connectivity index (χ0) is 18.7. The monoisotopic (exact) mass is 360 g/mol. The van der Waals surface area contributed by atoms with Gasteiger partial charge >= 0.3 is 0 Å². The molecular formula is C18H24N4O4. The number of aromatic nitrogens is 3. The smallest absolute Gasteiger partial charge is 0.269 e. The number of hydrogen-bond donors (Lipinski definition) is 3. The highest BCUT2D eigenvalue weighted by Crippen LogP contribution is 2.38. The van der Waals surface area contributed by atoms with Crippen LogP contribution in [0.25, 0.3) is 0 Å². The Morgan fingerprint density at radius 2 is 2.15 bits per heavy atom. The molecule has 2 atom stereocenters. The van der Waals surface area contributed by atoms with Crippen molar-refractivity contribution in [2.24, 2.45) is 12.5 Å². The first kappa shape index (κ1) is 18.3. The molecule has 3 rings (SSSR count). The van der Waals surface area contributed by atoms with E-state index < -0.39 is 17.6 Å². The Morgan fingerprint density at radius 1 is 1.42 bits per heavy atom. The van der Waals surface area contributed by atoms with Gasteiger partial charge in [-0.05, 0) is 38.0 Å². The van der Waals surface area contributed by atoms with Crippen LogP contribution in [0.2, 0.25) is 0 Å². The third-order valence-corrected chi connectivity index (χ3v) is 4.77. The first-order valence-electron chi connectivity index (χ1n) is 8.56. The van der Waals surface area contributed by atoms with Crippen LogP contribution in [-0.2, 0) is 7.05 Å². The minimum absolute atomic E-state index is 0.246. The van der Waals surface area contributed by atoms with Crippen LogP contribution in [0, 0.1) is 12.3 Å². The summed E-state index contributed by atoms with van der Waals surface area (Å²) >= 11 is 0. The van der Waals surface area contributed by atoms with Gasteiger partial charge in [0.15, 0.2) is 0 Å². The molecule has 0 saturated heterocycles. The lowest BCUT2D eigenvalue weighted by Gasteiger charge is -2.29. The molecule has 1 saturated carbocycles. The van der Waals surface area contributed by atoms with E-state index in [2.05, 4.69) is 15.4 Å². The SMILES string of the molecule is Cc1cc(C(=O)NCC2(COc3cccnc3)CC(O)C(O)C2)n(C)n1. The van der Waals surface area contributed by atoms with Gasteiger partial charge in [-0.1, -0.05) is 0 Å². The summed E-state index contributed by atoms with van der Waals surface area (Å²) in [5.41, 5.74) is 0.668. The second-order valence-corrected chi connectivity index (χ2v) is 7.00. The molecule has 1 aliphatic carbocycles. The van der Waals surface area contributed by atoms with Crippen molar-refractivity contribution in [1.82, 2.24) is 20.1 Å². The van der Waals surface area contributed by atoms with Crippen LogP contribution in [0.15, 0.2) is 30.6 Å². The minimum atomic E-state index is -0.830. The third-order valence-electron chi connectivity index (χ3n) is 4.77. The van der Waals surface area contributed by atoms with E-state index in [1.165, 1.54) is 4.68 Å². The number of ether oxygens (including phenoxy) is 1. The Labute approximate surface area is 151 Å². The quantitative estimate of drug-likeness (QED) is 0.689. The molecule has 2 aromatic heterocycles. The molecular weight excluding hydrogens is 336 g/mol. The van der Waals surface area contributed by atoms with Crippen molar-refractivity contribution < 1.29 is 19.7 Å². The lowest BCUT2D eigenvalue weighted by Crippen LogP contribution is -2.41. The topological polar surface area (TPSA) is 110 Å². The number of carbonyl (C=O) groups excluding carboxylic acids is 1. The van der Waals surface area contributed by atoms with Crippen LogP contribution in [0.4, 0.5) is 0 Å². The van der Waals surface area contributed by atoms with Gasteiger partial charge in [-0.25, -0.2) is 0 Å². The average molecular weight is 360 g/mol. The van der Waals surface area contributed by atoms with Crippen molar-refractivity contribution in [3.8, 4) is 5.75 Å². The van der Waals surface area contributed by atoms with Gasteiger partial charge in [0.1, 0.15) is 11.4 Å². The van der Waals surface area contributed by atoms with Gasteiger partial charge in [0, 0.05) is 25.2 Å². The van der Waals surface area contributed by atoms with Crippen LogP contribution < -0.4 is 10.1 Å². The number of rotatable bonds is 6. The number of hydrogen-bond acceptors (Lipinski definition) is 6. The van der Waals surface area contributed by atoms with Crippen LogP contribution >= 0.6 is 0 Å². The van der Waals surface area contributed by atoms with E-state index >= 15 is 0 Å². The Balaban J connectivity index is 1.68. The summed E-state index contributed by atoms with van der Waals surface area (Å²) in [6.45, 7) is 2.37. The third kappa shape index (κ3) is 4.03. The fourth-order valence-electron chi connectivity index (χ4n) is 3.41. The van der Waals surface area contributed by atoms with Crippen LogP contribution in [0.3, 0.4) is 0 Å². The van der Waals surface area contributed by atoms with Gasteiger partial charge in [-0.2, -0.15) is 5.10 Å². The summed E-state index contributed by atoms with van der Waals surface area (Å²) in [5, 5.41) is 27.1. The molecule has 2 heterocycles. The van der Waals surface area contributed by atoms with E-state index in [1.54, 1.807) is 37.6 Å². The maximum atomic E-state index is 12.5. The number of aliphatic hydroxyl groups is 2. The van der Waals surface area contributed by atoms with Gasteiger partial charge in [0.05, 0.1) is 30.7 Å². The molecule has 1 aliphatic rings. The fraction of sp³-hybridized carbons (Fsp3) is 0.500. The van der Waals surface area contributed by atoms with Crippen molar-refractivity contribution in [3.63, 3.8) is 0 Å². The van der Waals surface area contributed by atoms with Crippen molar-refractivity contribution >= 4 is 5.91 Å². The Morgan fingerprint density at radius 3 is 2.73 bits per heavy atom. The highest BCUT2D eigenvalue weighted by atomic mass is 16.5. The van der Waals surface area contributed by atoms with E-state index in [-0.39, 0.29) is 19.1 Å². The molecule has 0 spiro atoms. The average Bonchev–Trinajstić information content (AvgIpc) is 3.11. The first-order valence-corrected chi connectivity index (χ1v) is 8.56. The van der Waals surface area contributed by atoms with Gasteiger partial charge in [0.25, 0.3) is 5.91 Å². The van der Waals surface area contributed by atoms with E-state index in [0.29, 0.717) is 24.3 Å². The highest BCUT2D eigenvalue weighted by Gasteiger charge is 2.45. The molecule has 8 nitrogen and oxygen atoms in total. The molecule has 1 amide bonds. The van der Waals surface area contributed by atoms with Gasteiger partial charge < -0.3 is 20.3 Å². The van der Waals surface area contributed by atoms with E-state index in [0.717, 1.165) is 5.69 Å². The predicted molar refractivity (Wildman–Crippen MR) is 93.7 cm³/mol. The van der Waals surface area contributed by atoms with Crippen LogP contribution in [0.5, 0.6) is 5.75 Å². The largest absolute Gasteiger partial charge is 0.491 e. The molecule has 140 valence electrons. The zero-order valence-electron chi connectivity index (χ0n) is 14.9. The molecule has 26 heavy (non-hydrogen) atoms. The van der Waals surface area contributed by atoms with Crippen molar-refractivity contribution in [3.05, 3.63) is 42.0 Å². The van der Waals surface area contributed by atoms with Crippen LogP contribution in [0.1, 0.15) is 29.0 Å². The van der Waals surface area contributed by atoms with Crippen molar-refractivity contribution in [2.45, 2.75) is 32.0 Å². The van der Waals surface area contributed by atoms with Gasteiger partial charge in [0.2, 0.25) is 0 Å². The second kappa shape index (κ2) is 7.43. The number of nitrogens with zero attached hydrogens (tertiary/aromatic N) is 3. The number of aryl methyl sites for hydroxylation is 2. The number of aliphatic hydroxyl groups excluding tert-OH is 2. The number of pyridine rings is 1. The summed E-state index contributed by atoms with van der Waals surface area (Å²) < 4.78 is 7.33. The Kier molecular flexibility index (Phi) is 5.24. The summed E-state index contributed by atoms with van der Waals surface area (Å²) in [5.74, 6) is 0.362. The normalized spacial score (nSPS) is 25.2. The predicted octanol–water partition coefficient (Wildman–Crippen LogP) is 0.434. The maximum Gasteiger partial charge on any atom is 0.269 e.